The number of ether oxygens (including phenoxy) is 2. The quantitative estimate of drug-likeness (QED) is 0.518. The van der Waals surface area contributed by atoms with Crippen molar-refractivity contribution in [2.75, 3.05) is 19.0 Å². The van der Waals surface area contributed by atoms with Crippen molar-refractivity contribution >= 4 is 34.3 Å². The number of nitrogens with zero attached hydrogens (tertiary/aromatic N) is 7. The molecule has 31 heavy (non-hydrogen) atoms. The molecule has 2 aliphatic rings. The second-order valence-corrected chi connectivity index (χ2v) is 7.91. The van der Waals surface area contributed by atoms with Crippen molar-refractivity contribution in [2.24, 2.45) is 0 Å². The molecule has 4 aromatic heterocycles. The third-order valence-corrected chi connectivity index (χ3v) is 5.74. The monoisotopic (exact) mass is 438 g/mol. The zero-order valence-corrected chi connectivity index (χ0v) is 17.5. The molecule has 0 atom stereocenters. The second kappa shape index (κ2) is 7.09. The van der Waals surface area contributed by atoms with Crippen LogP contribution in [0.25, 0.3) is 16.7 Å². The largest absolute Gasteiger partial charge is 0.479 e. The molecule has 11 heteroatoms. The molecule has 4 aromatic rings. The van der Waals surface area contributed by atoms with Gasteiger partial charge in [0.25, 0.3) is 5.88 Å². The standard InChI is InChI=1S/C20H19ClN8O2/c1-30-18-13(4-2-7-22-18)29-15(11-5-6-11)14-19(27-29)31-9-3-8-28-17-12(16(21)26-28)10-23-20(24-14)25-17/h2,4,7,10-11H,3,5-6,8-9H2,1H3,(H,23,24,25). The Bertz CT molecular complexity index is 1300. The number of pyridine rings is 1. The summed E-state index contributed by atoms with van der Waals surface area (Å²) in [7, 11) is 1.60. The first-order valence-corrected chi connectivity index (χ1v) is 10.5. The summed E-state index contributed by atoms with van der Waals surface area (Å²) in [6, 6.07) is 3.80. The van der Waals surface area contributed by atoms with Gasteiger partial charge in [-0.25, -0.2) is 19.3 Å². The van der Waals surface area contributed by atoms with Crippen LogP contribution >= 0.6 is 11.6 Å². The number of aromatic nitrogens is 7. The van der Waals surface area contributed by atoms with Gasteiger partial charge >= 0.3 is 0 Å². The highest BCUT2D eigenvalue weighted by Gasteiger charge is 2.35. The summed E-state index contributed by atoms with van der Waals surface area (Å²) >= 11 is 6.26. The summed E-state index contributed by atoms with van der Waals surface area (Å²) in [4.78, 5) is 13.5. The van der Waals surface area contributed by atoms with Crippen molar-refractivity contribution in [1.29, 1.82) is 0 Å². The molecule has 0 unspecified atom stereocenters. The Kier molecular flexibility index (Phi) is 4.20. The van der Waals surface area contributed by atoms with Crippen LogP contribution in [0.15, 0.2) is 24.5 Å². The number of anilines is 2. The van der Waals surface area contributed by atoms with Crippen molar-refractivity contribution < 1.29 is 9.47 Å². The number of hydrogen-bond acceptors (Lipinski definition) is 8. The maximum Gasteiger partial charge on any atom is 0.257 e. The van der Waals surface area contributed by atoms with E-state index in [9.17, 15) is 0 Å². The van der Waals surface area contributed by atoms with Crippen LogP contribution in [0.5, 0.6) is 11.8 Å². The molecule has 0 radical (unpaired) electrons. The Hall–Kier alpha value is -3.40. The lowest BCUT2D eigenvalue weighted by molar-refractivity contribution is 0.288. The molecule has 1 saturated carbocycles. The van der Waals surface area contributed by atoms with Gasteiger partial charge in [-0.15, -0.1) is 5.10 Å². The number of nitrogens with one attached hydrogen (secondary N) is 1. The highest BCUT2D eigenvalue weighted by atomic mass is 35.5. The summed E-state index contributed by atoms with van der Waals surface area (Å²) in [5.41, 5.74) is 3.24. The number of aryl methyl sites for hydroxylation is 1. The van der Waals surface area contributed by atoms with Crippen molar-refractivity contribution in [1.82, 2.24) is 34.5 Å². The summed E-state index contributed by atoms with van der Waals surface area (Å²) in [6.45, 7) is 1.10. The third-order valence-electron chi connectivity index (χ3n) is 5.46. The van der Waals surface area contributed by atoms with E-state index in [1.807, 2.05) is 16.8 Å². The van der Waals surface area contributed by atoms with Crippen LogP contribution in [0.2, 0.25) is 5.15 Å². The summed E-state index contributed by atoms with van der Waals surface area (Å²) in [5.74, 6) is 1.80. The Morgan fingerprint density at radius 3 is 3.00 bits per heavy atom. The molecule has 0 spiro atoms. The number of rotatable bonds is 3. The highest BCUT2D eigenvalue weighted by molar-refractivity contribution is 6.34. The van der Waals surface area contributed by atoms with E-state index in [0.717, 1.165) is 41.7 Å². The summed E-state index contributed by atoms with van der Waals surface area (Å²) in [6.07, 6.45) is 6.27. The van der Waals surface area contributed by atoms with Gasteiger partial charge in [-0.1, -0.05) is 11.6 Å². The molecule has 1 fully saturated rings. The third kappa shape index (κ3) is 3.05. The maximum absolute atomic E-state index is 6.26. The number of methoxy groups -OCH3 is 1. The van der Waals surface area contributed by atoms with Crippen molar-refractivity contribution in [3.8, 4) is 17.4 Å². The van der Waals surface area contributed by atoms with Crippen molar-refractivity contribution in [2.45, 2.75) is 31.7 Å². The van der Waals surface area contributed by atoms with E-state index in [0.29, 0.717) is 47.6 Å². The highest BCUT2D eigenvalue weighted by Crippen LogP contribution is 2.48. The minimum atomic E-state index is 0.353. The zero-order valence-electron chi connectivity index (χ0n) is 16.7. The SMILES string of the molecule is COc1ncccc1-n1nc2c(c1C1CC1)Nc1ncc3c(Cl)nn(c3n1)CCCO2. The van der Waals surface area contributed by atoms with Crippen molar-refractivity contribution in [3.63, 3.8) is 0 Å². The fraction of sp³-hybridized carbons (Fsp3) is 0.350. The van der Waals surface area contributed by atoms with Crippen LogP contribution in [0.4, 0.5) is 11.6 Å². The molecule has 0 amide bonds. The molecule has 158 valence electrons. The Labute approximate surface area is 182 Å². The van der Waals surface area contributed by atoms with Gasteiger partial charge in [0.1, 0.15) is 11.4 Å². The van der Waals surface area contributed by atoms with E-state index in [2.05, 4.69) is 25.4 Å². The van der Waals surface area contributed by atoms with E-state index in [1.165, 1.54) is 0 Å². The van der Waals surface area contributed by atoms with E-state index >= 15 is 0 Å². The van der Waals surface area contributed by atoms with Gasteiger partial charge in [0.15, 0.2) is 10.8 Å². The Morgan fingerprint density at radius 1 is 1.26 bits per heavy atom. The molecule has 6 rings (SSSR count). The molecule has 5 heterocycles. The van der Waals surface area contributed by atoms with Crippen LogP contribution in [0, 0.1) is 0 Å². The fourth-order valence-corrected chi connectivity index (χ4v) is 4.10. The molecular formula is C20H19ClN8O2. The Morgan fingerprint density at radius 2 is 2.16 bits per heavy atom. The minimum absolute atomic E-state index is 0.353. The van der Waals surface area contributed by atoms with Crippen molar-refractivity contribution in [3.05, 3.63) is 35.4 Å². The summed E-state index contributed by atoms with van der Waals surface area (Å²) in [5, 5.41) is 13.7. The lowest BCUT2D eigenvalue weighted by Crippen LogP contribution is -2.08. The van der Waals surface area contributed by atoms with Crippen LogP contribution in [0.3, 0.4) is 0 Å². The number of halogens is 1. The summed E-state index contributed by atoms with van der Waals surface area (Å²) < 4.78 is 15.2. The molecule has 1 aliphatic carbocycles. The van der Waals surface area contributed by atoms with Gasteiger partial charge in [-0.05, 0) is 25.0 Å². The minimum Gasteiger partial charge on any atom is -0.479 e. The van der Waals surface area contributed by atoms with Gasteiger partial charge in [0.05, 0.1) is 24.8 Å². The normalized spacial score (nSPS) is 15.8. The Balaban J connectivity index is 1.53. The molecular weight excluding hydrogens is 420 g/mol. The van der Waals surface area contributed by atoms with Gasteiger partial charge in [0.2, 0.25) is 11.8 Å². The van der Waals surface area contributed by atoms with E-state index < -0.39 is 0 Å². The first-order valence-electron chi connectivity index (χ1n) is 10.1. The van der Waals surface area contributed by atoms with E-state index in [1.54, 1.807) is 24.2 Å². The second-order valence-electron chi connectivity index (χ2n) is 7.56. The predicted octanol–water partition coefficient (Wildman–Crippen LogP) is 3.47. The van der Waals surface area contributed by atoms with E-state index in [-0.39, 0.29) is 0 Å². The van der Waals surface area contributed by atoms with Crippen LogP contribution in [0.1, 0.15) is 30.9 Å². The molecule has 0 saturated heterocycles. The van der Waals surface area contributed by atoms with Gasteiger partial charge in [-0.2, -0.15) is 10.1 Å². The predicted molar refractivity (Wildman–Crippen MR) is 114 cm³/mol. The first kappa shape index (κ1) is 18.4. The smallest absolute Gasteiger partial charge is 0.257 e. The van der Waals surface area contributed by atoms with Crippen LogP contribution < -0.4 is 14.8 Å². The van der Waals surface area contributed by atoms with Gasteiger partial charge in [-0.3, -0.25) is 0 Å². The lowest BCUT2D eigenvalue weighted by Gasteiger charge is -2.11. The molecule has 1 aliphatic heterocycles. The number of fused-ring (bicyclic) bond motifs is 2. The number of hydrogen-bond donors (Lipinski definition) is 1. The van der Waals surface area contributed by atoms with Crippen LogP contribution in [-0.4, -0.2) is 48.2 Å². The molecule has 2 bridgehead atoms. The molecule has 0 aromatic carbocycles. The van der Waals surface area contributed by atoms with Gasteiger partial charge < -0.3 is 14.8 Å². The fourth-order valence-electron chi connectivity index (χ4n) is 3.88. The first-order chi connectivity index (χ1) is 15.2. The maximum atomic E-state index is 6.26. The lowest BCUT2D eigenvalue weighted by atomic mass is 10.2. The molecule has 1 N–H and O–H groups in total. The topological polar surface area (TPSA) is 105 Å². The van der Waals surface area contributed by atoms with Gasteiger partial charge in [0, 0.05) is 31.3 Å². The average molecular weight is 439 g/mol. The van der Waals surface area contributed by atoms with Crippen LogP contribution in [-0.2, 0) is 6.54 Å². The van der Waals surface area contributed by atoms with E-state index in [4.69, 9.17) is 26.2 Å². The molecule has 10 nitrogen and oxygen atoms in total. The average Bonchev–Trinajstić information content (AvgIpc) is 3.51. The zero-order chi connectivity index (χ0) is 20.9.